The Bertz CT molecular complexity index is 1380. The lowest BCUT2D eigenvalue weighted by atomic mass is 9.76. The lowest BCUT2D eigenvalue weighted by molar-refractivity contribution is 0.410. The average Bonchev–Trinajstić information content (AvgIpc) is 3.01. The van der Waals surface area contributed by atoms with Crippen molar-refractivity contribution in [3.05, 3.63) is 70.8 Å². The van der Waals surface area contributed by atoms with E-state index in [1.54, 1.807) is 0 Å². The highest BCUT2D eigenvalue weighted by Gasteiger charge is 2.32. The molecule has 164 valence electrons. The molecule has 0 heteroatoms. The van der Waals surface area contributed by atoms with E-state index >= 15 is 0 Å². The molecule has 32 heavy (non-hydrogen) atoms. The number of rotatable bonds is 2. The lowest BCUT2D eigenvalue weighted by Crippen LogP contribution is -2.14. The summed E-state index contributed by atoms with van der Waals surface area (Å²) in [6.45, 7) is 18.7. The summed E-state index contributed by atoms with van der Waals surface area (Å²) in [4.78, 5) is 0. The quantitative estimate of drug-likeness (QED) is 0.267. The van der Waals surface area contributed by atoms with Gasteiger partial charge in [0, 0.05) is 0 Å². The van der Waals surface area contributed by atoms with Gasteiger partial charge in [-0.15, -0.1) is 0 Å². The van der Waals surface area contributed by atoms with Crippen LogP contribution in [0.3, 0.4) is 0 Å². The van der Waals surface area contributed by atoms with Gasteiger partial charge in [-0.05, 0) is 98.0 Å². The van der Waals surface area contributed by atoms with Gasteiger partial charge in [-0.1, -0.05) is 95.6 Å². The second-order valence-corrected chi connectivity index (χ2v) is 12.4. The first-order chi connectivity index (χ1) is 14.9. The van der Waals surface area contributed by atoms with Crippen LogP contribution in [0.5, 0.6) is 0 Å². The zero-order valence-corrected chi connectivity index (χ0v) is 21.0. The molecule has 0 N–H and O–H groups in total. The zero-order valence-electron chi connectivity index (χ0n) is 21.0. The Hall–Kier alpha value is -2.60. The molecule has 0 unspecified atom stereocenters. The van der Waals surface area contributed by atoms with E-state index in [2.05, 4.69) is 104 Å². The van der Waals surface area contributed by atoms with Gasteiger partial charge < -0.3 is 0 Å². The molecule has 0 saturated heterocycles. The first-order valence-corrected chi connectivity index (χ1v) is 12.1. The van der Waals surface area contributed by atoms with E-state index in [0.29, 0.717) is 0 Å². The van der Waals surface area contributed by atoms with Gasteiger partial charge in [0.1, 0.15) is 0 Å². The highest BCUT2D eigenvalue weighted by molar-refractivity contribution is 6.20. The predicted octanol–water partition coefficient (Wildman–Crippen LogP) is 9.43. The molecular formula is C32H36. The largest absolute Gasteiger partial charge is 0.0610 e. The molecule has 0 aromatic heterocycles. The van der Waals surface area contributed by atoms with E-state index in [-0.39, 0.29) is 10.8 Å². The molecule has 0 heterocycles. The summed E-state index contributed by atoms with van der Waals surface area (Å²) < 4.78 is 0. The van der Waals surface area contributed by atoms with Gasteiger partial charge in [-0.25, -0.2) is 0 Å². The lowest BCUT2D eigenvalue weighted by Gasteiger charge is -2.27. The Morgan fingerprint density at radius 1 is 0.594 bits per heavy atom. The van der Waals surface area contributed by atoms with Crippen LogP contribution in [0.1, 0.15) is 63.8 Å². The first-order valence-electron chi connectivity index (χ1n) is 12.1. The van der Waals surface area contributed by atoms with Crippen LogP contribution < -0.4 is 0 Å². The standard InChI is InChI=1S/C32H36/c1-19-12-14-22-25(16-19)27(18-32(6,7)8)29-23-11-9-10-21-20(2)13-15-24(28(21)23)30(29)26(22)17-31(3,4)5/h9-16H,17-18H2,1-8H3. The van der Waals surface area contributed by atoms with E-state index in [1.807, 2.05) is 0 Å². The second kappa shape index (κ2) is 6.95. The minimum atomic E-state index is 0.217. The fourth-order valence-corrected chi connectivity index (χ4v) is 5.73. The fraction of sp³-hybridized carbons (Fsp3) is 0.375. The van der Waals surface area contributed by atoms with Gasteiger partial charge in [-0.3, -0.25) is 0 Å². The average molecular weight is 421 g/mol. The molecule has 0 bridgehead atoms. The summed E-state index contributed by atoms with van der Waals surface area (Å²) >= 11 is 0. The Morgan fingerprint density at radius 2 is 1.19 bits per heavy atom. The van der Waals surface area contributed by atoms with E-state index in [4.69, 9.17) is 0 Å². The highest BCUT2D eigenvalue weighted by Crippen LogP contribution is 2.54. The van der Waals surface area contributed by atoms with Gasteiger partial charge >= 0.3 is 0 Å². The Kier molecular flexibility index (Phi) is 4.61. The third kappa shape index (κ3) is 3.36. The second-order valence-electron chi connectivity index (χ2n) is 12.4. The van der Waals surface area contributed by atoms with Crippen molar-refractivity contribution < 1.29 is 0 Å². The summed E-state index contributed by atoms with van der Waals surface area (Å²) in [6, 6.07) is 18.8. The van der Waals surface area contributed by atoms with Crippen molar-refractivity contribution in [3.63, 3.8) is 0 Å². The molecule has 0 fully saturated rings. The summed E-state index contributed by atoms with van der Waals surface area (Å²) in [5.74, 6) is 0. The molecule has 0 spiro atoms. The normalized spacial score (nSPS) is 13.2. The van der Waals surface area contributed by atoms with Gasteiger partial charge in [0.25, 0.3) is 0 Å². The number of aryl methyl sites for hydroxylation is 2. The Morgan fingerprint density at radius 3 is 1.81 bits per heavy atom. The van der Waals surface area contributed by atoms with Gasteiger partial charge in [0.2, 0.25) is 0 Å². The molecule has 0 atom stereocenters. The van der Waals surface area contributed by atoms with Gasteiger partial charge in [0.15, 0.2) is 0 Å². The molecule has 1 aliphatic rings. The topological polar surface area (TPSA) is 0 Å². The first kappa shape index (κ1) is 21.3. The molecule has 0 nitrogen and oxygen atoms in total. The van der Waals surface area contributed by atoms with Crippen LogP contribution in [0.25, 0.3) is 43.8 Å². The van der Waals surface area contributed by atoms with Crippen LogP contribution in [0.4, 0.5) is 0 Å². The maximum absolute atomic E-state index is 2.44. The number of benzene rings is 4. The van der Waals surface area contributed by atoms with Gasteiger partial charge in [-0.2, -0.15) is 0 Å². The van der Waals surface area contributed by atoms with Crippen LogP contribution in [-0.2, 0) is 12.8 Å². The van der Waals surface area contributed by atoms with E-state index in [1.165, 1.54) is 66.1 Å². The maximum Gasteiger partial charge on any atom is -0.00235 e. The summed E-state index contributed by atoms with van der Waals surface area (Å²) in [6.07, 6.45) is 2.16. The van der Waals surface area contributed by atoms with Crippen LogP contribution in [0, 0.1) is 24.7 Å². The SMILES string of the molecule is Cc1ccc2c(CC(C)(C)C)c3c(c(CC(C)(C)C)c2c1)-c1cccc2c(C)ccc-3c12. The minimum absolute atomic E-state index is 0.217. The molecule has 1 aliphatic carbocycles. The predicted molar refractivity (Wildman–Crippen MR) is 142 cm³/mol. The van der Waals surface area contributed by atoms with Crippen molar-refractivity contribution in [2.75, 3.05) is 0 Å². The monoisotopic (exact) mass is 420 g/mol. The van der Waals surface area contributed by atoms with Crippen molar-refractivity contribution in [2.24, 2.45) is 10.8 Å². The van der Waals surface area contributed by atoms with Gasteiger partial charge in [0.05, 0.1) is 0 Å². The molecule has 0 aliphatic heterocycles. The van der Waals surface area contributed by atoms with Crippen molar-refractivity contribution >= 4 is 21.5 Å². The molecular weight excluding hydrogens is 384 g/mol. The van der Waals surface area contributed by atoms with Crippen molar-refractivity contribution in [3.8, 4) is 22.3 Å². The van der Waals surface area contributed by atoms with E-state index in [0.717, 1.165) is 12.8 Å². The highest BCUT2D eigenvalue weighted by atomic mass is 14.3. The maximum atomic E-state index is 2.44. The summed E-state index contributed by atoms with van der Waals surface area (Å²) in [7, 11) is 0. The molecule has 0 amide bonds. The van der Waals surface area contributed by atoms with Crippen molar-refractivity contribution in [2.45, 2.75) is 68.2 Å². The summed E-state index contributed by atoms with van der Waals surface area (Å²) in [5, 5.41) is 5.77. The van der Waals surface area contributed by atoms with Crippen molar-refractivity contribution in [1.82, 2.24) is 0 Å². The Labute approximate surface area is 193 Å². The number of hydrogen-bond acceptors (Lipinski definition) is 0. The Balaban J connectivity index is 2.02. The molecule has 4 aromatic rings. The zero-order chi connectivity index (χ0) is 23.0. The van der Waals surface area contributed by atoms with E-state index < -0.39 is 0 Å². The van der Waals surface area contributed by atoms with Crippen LogP contribution in [0.2, 0.25) is 0 Å². The molecule has 5 rings (SSSR count). The van der Waals surface area contributed by atoms with E-state index in [9.17, 15) is 0 Å². The number of fused-ring (bicyclic) bond motifs is 4. The molecule has 4 aromatic carbocycles. The molecule has 0 radical (unpaired) electrons. The smallest absolute Gasteiger partial charge is 0.00235 e. The number of hydrogen-bond donors (Lipinski definition) is 0. The van der Waals surface area contributed by atoms with Crippen LogP contribution in [-0.4, -0.2) is 0 Å². The molecule has 0 saturated carbocycles. The fourth-order valence-electron chi connectivity index (χ4n) is 5.73. The summed E-state index contributed by atoms with van der Waals surface area (Å²) in [5.41, 5.74) is 12.1. The third-order valence-electron chi connectivity index (χ3n) is 6.89. The van der Waals surface area contributed by atoms with Crippen LogP contribution >= 0.6 is 0 Å². The minimum Gasteiger partial charge on any atom is -0.0610 e. The van der Waals surface area contributed by atoms with Crippen molar-refractivity contribution in [1.29, 1.82) is 0 Å². The van der Waals surface area contributed by atoms with Crippen LogP contribution in [0.15, 0.2) is 48.5 Å². The third-order valence-corrected chi connectivity index (χ3v) is 6.89.